The number of rotatable bonds is 4. The standard InChI is InChI=1S/C13H14F3N/c1-3-4-9-12(17-2)10-7-5-6-8-11(10)13(14,15)16/h1,5-8,12,17H,4,9H2,2H3. The Kier molecular flexibility index (Phi) is 4.59. The number of hydrogen-bond acceptors (Lipinski definition) is 1. The molecule has 1 N–H and O–H groups in total. The van der Waals surface area contributed by atoms with Gasteiger partial charge in [0, 0.05) is 12.5 Å². The van der Waals surface area contributed by atoms with Crippen molar-refractivity contribution in [2.45, 2.75) is 25.1 Å². The lowest BCUT2D eigenvalue weighted by Gasteiger charge is -2.20. The summed E-state index contributed by atoms with van der Waals surface area (Å²) in [6.45, 7) is 0. The molecule has 0 fully saturated rings. The predicted molar refractivity (Wildman–Crippen MR) is 61.3 cm³/mol. The maximum absolute atomic E-state index is 12.8. The monoisotopic (exact) mass is 241 g/mol. The fourth-order valence-corrected chi connectivity index (χ4v) is 1.74. The lowest BCUT2D eigenvalue weighted by atomic mass is 9.96. The van der Waals surface area contributed by atoms with E-state index in [4.69, 9.17) is 6.42 Å². The second kappa shape index (κ2) is 5.74. The molecule has 0 heterocycles. The van der Waals surface area contributed by atoms with Gasteiger partial charge in [0.2, 0.25) is 0 Å². The average molecular weight is 241 g/mol. The molecule has 0 spiro atoms. The quantitative estimate of drug-likeness (QED) is 0.797. The van der Waals surface area contributed by atoms with Crippen molar-refractivity contribution >= 4 is 0 Å². The Balaban J connectivity index is 3.07. The van der Waals surface area contributed by atoms with Crippen LogP contribution in [0.1, 0.15) is 30.0 Å². The highest BCUT2D eigenvalue weighted by Crippen LogP contribution is 2.35. The van der Waals surface area contributed by atoms with E-state index in [-0.39, 0.29) is 11.6 Å². The van der Waals surface area contributed by atoms with Gasteiger partial charge in [0.25, 0.3) is 0 Å². The zero-order valence-corrected chi connectivity index (χ0v) is 9.51. The van der Waals surface area contributed by atoms with E-state index in [1.807, 2.05) is 0 Å². The molecule has 0 saturated carbocycles. The van der Waals surface area contributed by atoms with Crippen LogP contribution in [-0.2, 0) is 6.18 Å². The summed E-state index contributed by atoms with van der Waals surface area (Å²) >= 11 is 0. The maximum atomic E-state index is 12.8. The van der Waals surface area contributed by atoms with E-state index in [2.05, 4.69) is 11.2 Å². The number of nitrogens with one attached hydrogen (secondary N) is 1. The van der Waals surface area contributed by atoms with Gasteiger partial charge in [-0.1, -0.05) is 18.2 Å². The Hall–Kier alpha value is -1.47. The fourth-order valence-electron chi connectivity index (χ4n) is 1.74. The number of hydrogen-bond donors (Lipinski definition) is 1. The van der Waals surface area contributed by atoms with E-state index in [1.54, 1.807) is 13.1 Å². The van der Waals surface area contributed by atoms with Crippen molar-refractivity contribution in [3.05, 3.63) is 35.4 Å². The van der Waals surface area contributed by atoms with Gasteiger partial charge >= 0.3 is 6.18 Å². The first-order valence-corrected chi connectivity index (χ1v) is 5.27. The molecule has 1 aromatic rings. The summed E-state index contributed by atoms with van der Waals surface area (Å²) in [7, 11) is 1.63. The molecule has 0 aliphatic carbocycles. The van der Waals surface area contributed by atoms with Crippen molar-refractivity contribution in [2.75, 3.05) is 7.05 Å². The highest BCUT2D eigenvalue weighted by atomic mass is 19.4. The summed E-state index contributed by atoms with van der Waals surface area (Å²) in [5, 5.41) is 2.87. The molecule has 1 unspecified atom stereocenters. The van der Waals surface area contributed by atoms with Gasteiger partial charge in [-0.3, -0.25) is 0 Å². The van der Waals surface area contributed by atoms with Gasteiger partial charge in [-0.15, -0.1) is 12.3 Å². The van der Waals surface area contributed by atoms with Gasteiger partial charge in [-0.2, -0.15) is 13.2 Å². The SMILES string of the molecule is C#CCCC(NC)c1ccccc1C(F)(F)F. The van der Waals surface area contributed by atoms with Gasteiger partial charge in [-0.05, 0) is 25.1 Å². The van der Waals surface area contributed by atoms with Crippen LogP contribution in [0.5, 0.6) is 0 Å². The minimum atomic E-state index is -4.33. The third-order valence-corrected chi connectivity index (χ3v) is 2.57. The van der Waals surface area contributed by atoms with Crippen LogP contribution in [0.3, 0.4) is 0 Å². The Labute approximate surface area is 99.0 Å². The summed E-state index contributed by atoms with van der Waals surface area (Å²) in [4.78, 5) is 0. The summed E-state index contributed by atoms with van der Waals surface area (Å²) in [5.41, 5.74) is -0.353. The maximum Gasteiger partial charge on any atom is 0.416 e. The molecule has 0 bridgehead atoms. The van der Waals surface area contributed by atoms with Crippen LogP contribution in [-0.4, -0.2) is 7.05 Å². The van der Waals surface area contributed by atoms with Crippen molar-refractivity contribution in [3.63, 3.8) is 0 Å². The first kappa shape index (κ1) is 13.6. The zero-order chi connectivity index (χ0) is 12.9. The van der Waals surface area contributed by atoms with Crippen molar-refractivity contribution in [2.24, 2.45) is 0 Å². The van der Waals surface area contributed by atoms with Crippen LogP contribution in [0.15, 0.2) is 24.3 Å². The zero-order valence-electron chi connectivity index (χ0n) is 9.51. The molecule has 0 aliphatic rings. The van der Waals surface area contributed by atoms with Crippen LogP contribution in [0.4, 0.5) is 13.2 Å². The van der Waals surface area contributed by atoms with Crippen LogP contribution < -0.4 is 5.32 Å². The summed E-state index contributed by atoms with van der Waals surface area (Å²) in [6, 6.07) is 5.20. The average Bonchev–Trinajstić information content (AvgIpc) is 2.29. The fraction of sp³-hybridized carbons (Fsp3) is 0.385. The molecular formula is C13H14F3N. The van der Waals surface area contributed by atoms with Crippen molar-refractivity contribution in [1.82, 2.24) is 5.32 Å². The number of alkyl halides is 3. The summed E-state index contributed by atoms with van der Waals surface area (Å²) < 4.78 is 38.4. The Morgan fingerprint density at radius 3 is 2.53 bits per heavy atom. The second-order valence-electron chi connectivity index (χ2n) is 3.67. The van der Waals surface area contributed by atoms with Gasteiger partial charge in [-0.25, -0.2) is 0 Å². The van der Waals surface area contributed by atoms with E-state index < -0.39 is 11.7 Å². The third kappa shape index (κ3) is 3.50. The Bertz CT molecular complexity index is 404. The second-order valence-corrected chi connectivity index (χ2v) is 3.67. The van der Waals surface area contributed by atoms with Crippen molar-refractivity contribution in [3.8, 4) is 12.3 Å². The minimum Gasteiger partial charge on any atom is -0.313 e. The molecule has 1 aromatic carbocycles. The topological polar surface area (TPSA) is 12.0 Å². The molecule has 92 valence electrons. The predicted octanol–water partition coefficient (Wildman–Crippen LogP) is 3.38. The number of terminal acetylenes is 1. The molecule has 17 heavy (non-hydrogen) atoms. The van der Waals surface area contributed by atoms with E-state index in [0.717, 1.165) is 6.07 Å². The van der Waals surface area contributed by atoms with Crippen LogP contribution >= 0.6 is 0 Å². The van der Waals surface area contributed by atoms with E-state index >= 15 is 0 Å². The third-order valence-electron chi connectivity index (χ3n) is 2.57. The molecule has 0 radical (unpaired) electrons. The van der Waals surface area contributed by atoms with Gasteiger partial charge < -0.3 is 5.32 Å². The lowest BCUT2D eigenvalue weighted by Crippen LogP contribution is -2.20. The first-order chi connectivity index (χ1) is 8.00. The molecule has 1 atom stereocenters. The highest BCUT2D eigenvalue weighted by Gasteiger charge is 2.34. The Morgan fingerprint density at radius 2 is 2.00 bits per heavy atom. The van der Waals surface area contributed by atoms with Gasteiger partial charge in [0.05, 0.1) is 5.56 Å². The van der Waals surface area contributed by atoms with E-state index in [1.165, 1.54) is 12.1 Å². The normalized spacial score (nSPS) is 13.1. The first-order valence-electron chi connectivity index (χ1n) is 5.27. The highest BCUT2D eigenvalue weighted by molar-refractivity contribution is 5.32. The largest absolute Gasteiger partial charge is 0.416 e. The van der Waals surface area contributed by atoms with Crippen molar-refractivity contribution < 1.29 is 13.2 Å². The minimum absolute atomic E-state index is 0.248. The van der Waals surface area contributed by atoms with Crippen LogP contribution in [0.2, 0.25) is 0 Å². The molecule has 4 heteroatoms. The van der Waals surface area contributed by atoms with Gasteiger partial charge in [0.1, 0.15) is 0 Å². The number of halogens is 3. The summed E-state index contributed by atoms with van der Waals surface area (Å²) in [5.74, 6) is 2.44. The van der Waals surface area contributed by atoms with E-state index in [0.29, 0.717) is 12.8 Å². The molecule has 0 amide bonds. The smallest absolute Gasteiger partial charge is 0.313 e. The van der Waals surface area contributed by atoms with Crippen LogP contribution in [0.25, 0.3) is 0 Å². The number of benzene rings is 1. The molecule has 0 aromatic heterocycles. The lowest BCUT2D eigenvalue weighted by molar-refractivity contribution is -0.138. The molecular weight excluding hydrogens is 227 g/mol. The summed E-state index contributed by atoms with van der Waals surface area (Å²) in [6.07, 6.45) is 1.73. The molecule has 0 aliphatic heterocycles. The Morgan fingerprint density at radius 1 is 1.35 bits per heavy atom. The van der Waals surface area contributed by atoms with Crippen molar-refractivity contribution in [1.29, 1.82) is 0 Å². The van der Waals surface area contributed by atoms with Gasteiger partial charge in [0.15, 0.2) is 0 Å². The molecule has 0 saturated heterocycles. The molecule has 1 rings (SSSR count). The van der Waals surface area contributed by atoms with E-state index in [9.17, 15) is 13.2 Å². The molecule has 1 nitrogen and oxygen atoms in total. The van der Waals surface area contributed by atoms with Crippen LogP contribution in [0, 0.1) is 12.3 Å².